The van der Waals surface area contributed by atoms with Crippen molar-refractivity contribution in [2.24, 2.45) is 13.0 Å². The van der Waals surface area contributed by atoms with E-state index in [1.807, 2.05) is 23.6 Å². The van der Waals surface area contributed by atoms with E-state index in [1.165, 1.54) is 17.7 Å². The van der Waals surface area contributed by atoms with Gasteiger partial charge < -0.3 is 14.4 Å². The number of hydrogen-bond acceptors (Lipinski definition) is 4. The molecule has 2 saturated heterocycles. The summed E-state index contributed by atoms with van der Waals surface area (Å²) < 4.78 is 27.0. The number of aryl methyl sites for hydroxylation is 2. The number of aromatic nitrogens is 2. The van der Waals surface area contributed by atoms with Crippen LogP contribution in [0.25, 0.3) is 0 Å². The minimum absolute atomic E-state index is 0.105. The molecule has 0 radical (unpaired) electrons. The molecule has 1 atom stereocenters. The summed E-state index contributed by atoms with van der Waals surface area (Å²) in [6, 6.07) is 6.19. The van der Waals surface area contributed by atoms with Crippen LogP contribution >= 0.6 is 0 Å². The van der Waals surface area contributed by atoms with Gasteiger partial charge in [0.25, 0.3) is 0 Å². The minimum atomic E-state index is -0.249. The first-order valence-corrected chi connectivity index (χ1v) is 12.1. The molecule has 33 heavy (non-hydrogen) atoms. The van der Waals surface area contributed by atoms with Crippen molar-refractivity contribution in [1.82, 2.24) is 14.7 Å². The second-order valence-corrected chi connectivity index (χ2v) is 9.64. The molecular weight excluding hydrogens is 421 g/mol. The number of likely N-dealkylation sites (tertiary alicyclic amines) is 1. The Morgan fingerprint density at radius 1 is 1.24 bits per heavy atom. The minimum Gasteiger partial charge on any atom is -0.494 e. The number of hydrogen-bond donors (Lipinski definition) is 0. The number of rotatable bonds is 7. The fourth-order valence-corrected chi connectivity index (χ4v) is 5.33. The number of piperidine rings is 1. The summed E-state index contributed by atoms with van der Waals surface area (Å²) in [5.41, 5.74) is 3.25. The second kappa shape index (κ2) is 10.2. The molecule has 2 aliphatic rings. The van der Waals surface area contributed by atoms with E-state index in [9.17, 15) is 9.18 Å². The van der Waals surface area contributed by atoms with Gasteiger partial charge in [0.1, 0.15) is 11.6 Å². The van der Waals surface area contributed by atoms with Gasteiger partial charge in [0, 0.05) is 38.9 Å². The lowest BCUT2D eigenvalue weighted by Crippen LogP contribution is -2.51. The number of ether oxygens (including phenoxy) is 2. The molecule has 0 N–H and O–H groups in total. The van der Waals surface area contributed by atoms with Crippen LogP contribution in [0.15, 0.2) is 24.3 Å². The molecule has 0 bridgehead atoms. The number of carbonyl (C=O) groups excluding carboxylic acids is 1. The van der Waals surface area contributed by atoms with Crippen LogP contribution in [0, 0.1) is 25.6 Å². The maximum absolute atomic E-state index is 13.0. The van der Waals surface area contributed by atoms with Gasteiger partial charge in [-0.2, -0.15) is 5.10 Å². The number of carbonyl (C=O) groups is 1. The SMILES string of the molecule is Cc1nn(C)c(C)c1CCC(=O)N1CCC2(CC1)CC(CCOc1ccc(F)cc1)CCO2. The Balaban J connectivity index is 1.22. The second-order valence-electron chi connectivity index (χ2n) is 9.64. The van der Waals surface area contributed by atoms with Gasteiger partial charge in [-0.25, -0.2) is 4.39 Å². The zero-order valence-corrected chi connectivity index (χ0v) is 20.1. The maximum atomic E-state index is 13.0. The zero-order valence-electron chi connectivity index (χ0n) is 20.1. The van der Waals surface area contributed by atoms with Crippen molar-refractivity contribution in [3.05, 3.63) is 47.0 Å². The molecule has 1 spiro atoms. The van der Waals surface area contributed by atoms with Gasteiger partial charge in [-0.05, 0) is 88.1 Å². The van der Waals surface area contributed by atoms with Crippen LogP contribution in [0.1, 0.15) is 55.5 Å². The molecule has 0 aliphatic carbocycles. The van der Waals surface area contributed by atoms with Crippen molar-refractivity contribution in [3.63, 3.8) is 0 Å². The molecule has 2 fully saturated rings. The van der Waals surface area contributed by atoms with Gasteiger partial charge in [-0.3, -0.25) is 9.48 Å². The maximum Gasteiger partial charge on any atom is 0.222 e. The number of nitrogens with zero attached hydrogens (tertiary/aromatic N) is 3. The number of benzene rings is 1. The predicted molar refractivity (Wildman–Crippen MR) is 125 cm³/mol. The highest BCUT2D eigenvalue weighted by atomic mass is 19.1. The van der Waals surface area contributed by atoms with Crippen molar-refractivity contribution in [2.75, 3.05) is 26.3 Å². The van der Waals surface area contributed by atoms with Crippen LogP contribution in [-0.4, -0.2) is 52.5 Å². The summed E-state index contributed by atoms with van der Waals surface area (Å²) >= 11 is 0. The highest BCUT2D eigenvalue weighted by Gasteiger charge is 2.40. The molecule has 2 aromatic rings. The lowest BCUT2D eigenvalue weighted by Gasteiger charge is -2.46. The van der Waals surface area contributed by atoms with Gasteiger partial charge in [0.05, 0.1) is 17.9 Å². The third kappa shape index (κ3) is 5.75. The molecule has 3 heterocycles. The van der Waals surface area contributed by atoms with E-state index in [2.05, 4.69) is 12.0 Å². The zero-order chi connectivity index (χ0) is 23.4. The van der Waals surface area contributed by atoms with Crippen molar-refractivity contribution < 1.29 is 18.7 Å². The lowest BCUT2D eigenvalue weighted by molar-refractivity contribution is -0.147. The van der Waals surface area contributed by atoms with E-state index in [1.54, 1.807) is 12.1 Å². The third-order valence-corrected chi connectivity index (χ3v) is 7.48. The summed E-state index contributed by atoms with van der Waals surface area (Å²) in [6.45, 7) is 7.01. The largest absolute Gasteiger partial charge is 0.494 e. The molecule has 1 unspecified atom stereocenters. The normalized spacial score (nSPS) is 20.2. The smallest absolute Gasteiger partial charge is 0.222 e. The Morgan fingerprint density at radius 2 is 1.97 bits per heavy atom. The average molecular weight is 458 g/mol. The van der Waals surface area contributed by atoms with Crippen molar-refractivity contribution in [1.29, 1.82) is 0 Å². The van der Waals surface area contributed by atoms with Gasteiger partial charge in [-0.1, -0.05) is 0 Å². The van der Waals surface area contributed by atoms with Crippen LogP contribution in [0.5, 0.6) is 5.75 Å². The monoisotopic (exact) mass is 457 g/mol. The molecule has 6 nitrogen and oxygen atoms in total. The lowest BCUT2D eigenvalue weighted by atomic mass is 9.78. The average Bonchev–Trinajstić information content (AvgIpc) is 3.05. The molecule has 1 aromatic heterocycles. The Hall–Kier alpha value is -2.41. The van der Waals surface area contributed by atoms with Crippen molar-refractivity contribution >= 4 is 5.91 Å². The highest BCUT2D eigenvalue weighted by Crippen LogP contribution is 2.39. The Morgan fingerprint density at radius 3 is 2.64 bits per heavy atom. The van der Waals surface area contributed by atoms with Gasteiger partial charge in [0.15, 0.2) is 0 Å². The van der Waals surface area contributed by atoms with E-state index in [0.29, 0.717) is 24.7 Å². The van der Waals surface area contributed by atoms with Crippen LogP contribution in [0.4, 0.5) is 4.39 Å². The molecule has 7 heteroatoms. The summed E-state index contributed by atoms with van der Waals surface area (Å²) in [6.07, 6.45) is 6.12. The van der Waals surface area contributed by atoms with Crippen LogP contribution in [0.2, 0.25) is 0 Å². The molecule has 0 saturated carbocycles. The molecule has 2 aliphatic heterocycles. The fraction of sp³-hybridized carbons (Fsp3) is 0.615. The summed E-state index contributed by atoms with van der Waals surface area (Å²) in [5, 5.41) is 4.46. The summed E-state index contributed by atoms with van der Waals surface area (Å²) in [7, 11) is 1.95. The van der Waals surface area contributed by atoms with E-state index in [0.717, 1.165) is 69.6 Å². The van der Waals surface area contributed by atoms with Crippen LogP contribution in [-0.2, 0) is 23.0 Å². The van der Waals surface area contributed by atoms with Gasteiger partial charge >= 0.3 is 0 Å². The first kappa shape index (κ1) is 23.7. The van der Waals surface area contributed by atoms with E-state index >= 15 is 0 Å². The first-order valence-electron chi connectivity index (χ1n) is 12.1. The predicted octanol–water partition coefficient (Wildman–Crippen LogP) is 4.37. The van der Waals surface area contributed by atoms with Gasteiger partial charge in [-0.15, -0.1) is 0 Å². The molecule has 1 amide bonds. The molecule has 180 valence electrons. The van der Waals surface area contributed by atoms with Gasteiger partial charge in [0.2, 0.25) is 5.91 Å². The highest BCUT2D eigenvalue weighted by molar-refractivity contribution is 5.76. The quantitative estimate of drug-likeness (QED) is 0.620. The van der Waals surface area contributed by atoms with E-state index in [4.69, 9.17) is 9.47 Å². The fourth-order valence-electron chi connectivity index (χ4n) is 5.33. The van der Waals surface area contributed by atoms with Crippen LogP contribution < -0.4 is 4.74 Å². The summed E-state index contributed by atoms with van der Waals surface area (Å²) in [4.78, 5) is 14.9. The van der Waals surface area contributed by atoms with Crippen molar-refractivity contribution in [2.45, 2.75) is 64.4 Å². The van der Waals surface area contributed by atoms with E-state index in [-0.39, 0.29) is 17.3 Å². The van der Waals surface area contributed by atoms with Crippen molar-refractivity contribution in [3.8, 4) is 5.75 Å². The van der Waals surface area contributed by atoms with E-state index < -0.39 is 0 Å². The number of amides is 1. The third-order valence-electron chi connectivity index (χ3n) is 7.48. The molecule has 1 aromatic carbocycles. The Kier molecular flexibility index (Phi) is 7.37. The standard InChI is InChI=1S/C26H36FN3O3/c1-19-24(20(2)29(3)28-19)8-9-25(31)30-14-12-26(13-15-30)18-21(11-17-33-26)10-16-32-23-6-4-22(27)5-7-23/h4-7,21H,8-18H2,1-3H3. The molecule has 4 rings (SSSR count). The number of halogens is 1. The first-order chi connectivity index (χ1) is 15.8. The molecular formula is C26H36FN3O3. The Labute approximate surface area is 196 Å². The topological polar surface area (TPSA) is 56.6 Å². The Bertz CT molecular complexity index is 948. The van der Waals surface area contributed by atoms with Crippen LogP contribution in [0.3, 0.4) is 0 Å². The summed E-state index contributed by atoms with van der Waals surface area (Å²) in [5.74, 6) is 1.24.